The number of benzene rings is 4. The number of aromatic nitrogens is 2. The van der Waals surface area contributed by atoms with Crippen molar-refractivity contribution >= 4 is 22.8 Å². The minimum Gasteiger partial charge on any atom is -0.497 e. The number of ketones is 1. The van der Waals surface area contributed by atoms with Crippen LogP contribution < -0.4 is 14.2 Å². The monoisotopic (exact) mass is 522 g/mol. The zero-order valence-corrected chi connectivity index (χ0v) is 21.5. The summed E-state index contributed by atoms with van der Waals surface area (Å²) in [6.45, 7) is 0.484. The zero-order chi connectivity index (χ0) is 27.4. The average Bonchev–Trinajstić information content (AvgIpc) is 3.33. The third-order valence-corrected chi connectivity index (χ3v) is 6.35. The van der Waals surface area contributed by atoms with E-state index in [0.717, 1.165) is 5.56 Å². The van der Waals surface area contributed by atoms with Crippen LogP contribution in [0, 0.1) is 0 Å². The SMILES string of the molecule is COc1cc(OC)cc(C(=O)c2nc3ccc(Oc4ccccc4C(=O)O)cc3n2CCc2ccccc2)c1. The molecule has 4 aromatic carbocycles. The largest absolute Gasteiger partial charge is 0.497 e. The Morgan fingerprint density at radius 1 is 0.821 bits per heavy atom. The summed E-state index contributed by atoms with van der Waals surface area (Å²) in [4.78, 5) is 30.1. The molecular weight excluding hydrogens is 496 g/mol. The number of imidazole rings is 1. The van der Waals surface area contributed by atoms with Crippen LogP contribution in [-0.4, -0.2) is 40.6 Å². The Balaban J connectivity index is 1.58. The van der Waals surface area contributed by atoms with E-state index in [4.69, 9.17) is 14.2 Å². The fourth-order valence-corrected chi connectivity index (χ4v) is 4.38. The van der Waals surface area contributed by atoms with Gasteiger partial charge in [-0.25, -0.2) is 9.78 Å². The van der Waals surface area contributed by atoms with E-state index >= 15 is 0 Å². The summed E-state index contributed by atoms with van der Waals surface area (Å²) in [5.74, 6) is 0.545. The first-order valence-corrected chi connectivity index (χ1v) is 12.3. The quantitative estimate of drug-likeness (QED) is 0.224. The summed E-state index contributed by atoms with van der Waals surface area (Å²) in [5, 5.41) is 9.54. The number of aromatic carboxylic acids is 1. The molecule has 0 saturated carbocycles. The molecule has 5 rings (SSSR count). The fourth-order valence-electron chi connectivity index (χ4n) is 4.38. The molecule has 1 heterocycles. The number of carbonyl (C=O) groups excluding carboxylic acids is 1. The number of ether oxygens (including phenoxy) is 3. The number of carboxylic acid groups (broad SMARTS) is 1. The molecule has 8 nitrogen and oxygen atoms in total. The number of hydrogen-bond donors (Lipinski definition) is 1. The molecule has 1 N–H and O–H groups in total. The molecule has 0 unspecified atom stereocenters. The molecule has 0 bridgehead atoms. The van der Waals surface area contributed by atoms with Gasteiger partial charge in [0.15, 0.2) is 5.82 Å². The third kappa shape index (κ3) is 5.45. The van der Waals surface area contributed by atoms with Crippen LogP contribution in [-0.2, 0) is 13.0 Å². The van der Waals surface area contributed by atoms with Crippen molar-refractivity contribution in [2.45, 2.75) is 13.0 Å². The van der Waals surface area contributed by atoms with E-state index in [9.17, 15) is 14.7 Å². The highest BCUT2D eigenvalue weighted by molar-refractivity contribution is 6.09. The normalized spacial score (nSPS) is 10.8. The second kappa shape index (κ2) is 11.1. The van der Waals surface area contributed by atoms with Gasteiger partial charge in [-0.1, -0.05) is 42.5 Å². The Labute approximate surface area is 225 Å². The molecule has 8 heteroatoms. The lowest BCUT2D eigenvalue weighted by molar-refractivity contribution is 0.0694. The van der Waals surface area contributed by atoms with Crippen molar-refractivity contribution in [3.8, 4) is 23.0 Å². The van der Waals surface area contributed by atoms with Gasteiger partial charge in [0.25, 0.3) is 0 Å². The summed E-state index contributed by atoms with van der Waals surface area (Å²) in [5.41, 5.74) is 2.85. The Morgan fingerprint density at radius 2 is 1.51 bits per heavy atom. The third-order valence-electron chi connectivity index (χ3n) is 6.35. The zero-order valence-electron chi connectivity index (χ0n) is 21.5. The van der Waals surface area contributed by atoms with Gasteiger partial charge in [0.1, 0.15) is 28.6 Å². The first kappa shape index (κ1) is 25.5. The van der Waals surface area contributed by atoms with Crippen molar-refractivity contribution in [1.82, 2.24) is 9.55 Å². The van der Waals surface area contributed by atoms with Gasteiger partial charge >= 0.3 is 5.97 Å². The maximum Gasteiger partial charge on any atom is 0.339 e. The smallest absolute Gasteiger partial charge is 0.339 e. The van der Waals surface area contributed by atoms with Gasteiger partial charge in [-0.15, -0.1) is 0 Å². The fraction of sp³-hybridized carbons (Fsp3) is 0.129. The number of carboxylic acids is 1. The minimum absolute atomic E-state index is 0.0537. The van der Waals surface area contributed by atoms with Crippen molar-refractivity contribution in [1.29, 1.82) is 0 Å². The van der Waals surface area contributed by atoms with Crippen LogP contribution in [0.25, 0.3) is 11.0 Å². The highest BCUT2D eigenvalue weighted by Crippen LogP contribution is 2.30. The van der Waals surface area contributed by atoms with Crippen molar-refractivity contribution in [3.05, 3.63) is 114 Å². The molecule has 0 saturated heterocycles. The lowest BCUT2D eigenvalue weighted by Gasteiger charge is -2.12. The molecule has 0 aliphatic carbocycles. The lowest BCUT2D eigenvalue weighted by atomic mass is 10.1. The van der Waals surface area contributed by atoms with E-state index in [-0.39, 0.29) is 22.9 Å². The number of carbonyl (C=O) groups is 2. The Bertz CT molecular complexity index is 1640. The van der Waals surface area contributed by atoms with Gasteiger partial charge < -0.3 is 23.9 Å². The van der Waals surface area contributed by atoms with E-state index in [1.807, 2.05) is 34.9 Å². The summed E-state index contributed by atoms with van der Waals surface area (Å²) >= 11 is 0. The molecule has 0 radical (unpaired) electrons. The average molecular weight is 523 g/mol. The van der Waals surface area contributed by atoms with Crippen molar-refractivity contribution in [2.75, 3.05) is 14.2 Å². The van der Waals surface area contributed by atoms with Gasteiger partial charge in [0, 0.05) is 24.2 Å². The van der Waals surface area contributed by atoms with Crippen molar-refractivity contribution < 1.29 is 28.9 Å². The predicted octanol–water partition coefficient (Wildman–Crippen LogP) is 6.02. The molecule has 0 fully saturated rings. The van der Waals surface area contributed by atoms with E-state index in [2.05, 4.69) is 4.98 Å². The van der Waals surface area contributed by atoms with Crippen molar-refractivity contribution in [2.24, 2.45) is 0 Å². The van der Waals surface area contributed by atoms with E-state index in [1.165, 1.54) is 20.3 Å². The highest BCUT2D eigenvalue weighted by atomic mass is 16.5. The molecule has 0 amide bonds. The van der Waals surface area contributed by atoms with E-state index in [0.29, 0.717) is 46.8 Å². The molecular formula is C31H26N2O6. The summed E-state index contributed by atoms with van der Waals surface area (Å²) < 4.78 is 18.6. The number of fused-ring (bicyclic) bond motifs is 1. The van der Waals surface area contributed by atoms with Gasteiger partial charge in [0.05, 0.1) is 25.3 Å². The van der Waals surface area contributed by atoms with Crippen LogP contribution in [0.15, 0.2) is 91.0 Å². The molecule has 0 atom stereocenters. The van der Waals surface area contributed by atoms with Gasteiger partial charge in [-0.3, -0.25) is 4.79 Å². The van der Waals surface area contributed by atoms with E-state index in [1.54, 1.807) is 54.6 Å². The maximum atomic E-state index is 13.8. The first-order valence-electron chi connectivity index (χ1n) is 12.3. The summed E-state index contributed by atoms with van der Waals surface area (Å²) in [6, 6.07) is 26.7. The number of nitrogens with zero attached hydrogens (tertiary/aromatic N) is 2. The Hall–Kier alpha value is -5.11. The van der Waals surface area contributed by atoms with Crippen LogP contribution >= 0.6 is 0 Å². The van der Waals surface area contributed by atoms with Crippen LogP contribution in [0.2, 0.25) is 0 Å². The molecule has 0 spiro atoms. The van der Waals surface area contributed by atoms with Gasteiger partial charge in [-0.05, 0) is 48.4 Å². The molecule has 39 heavy (non-hydrogen) atoms. The van der Waals surface area contributed by atoms with Gasteiger partial charge in [-0.2, -0.15) is 0 Å². The molecule has 0 aliphatic rings. The first-order chi connectivity index (χ1) is 19.0. The maximum absolute atomic E-state index is 13.8. The van der Waals surface area contributed by atoms with Crippen LogP contribution in [0.3, 0.4) is 0 Å². The standard InChI is InChI=1S/C31H26N2O6/c1-37-23-16-21(17-24(18-23)38-2)29(34)30-32-26-13-12-22(39-28-11-7-6-10-25(28)31(35)36)19-27(26)33(30)15-14-20-8-4-3-5-9-20/h3-13,16-19H,14-15H2,1-2H3,(H,35,36). The summed E-state index contributed by atoms with van der Waals surface area (Å²) in [6.07, 6.45) is 0.668. The Kier molecular flexibility index (Phi) is 7.27. The highest BCUT2D eigenvalue weighted by Gasteiger charge is 2.22. The molecule has 0 aliphatic heterocycles. The minimum atomic E-state index is -1.08. The van der Waals surface area contributed by atoms with Crippen molar-refractivity contribution in [3.63, 3.8) is 0 Å². The van der Waals surface area contributed by atoms with E-state index < -0.39 is 5.97 Å². The molecule has 5 aromatic rings. The molecule has 1 aromatic heterocycles. The van der Waals surface area contributed by atoms with Gasteiger partial charge in [0.2, 0.25) is 5.78 Å². The second-order valence-corrected chi connectivity index (χ2v) is 8.81. The second-order valence-electron chi connectivity index (χ2n) is 8.81. The number of methoxy groups -OCH3 is 2. The van der Waals surface area contributed by atoms with Crippen LogP contribution in [0.4, 0.5) is 0 Å². The number of para-hydroxylation sites is 1. The number of hydrogen-bond acceptors (Lipinski definition) is 6. The Morgan fingerprint density at radius 3 is 2.21 bits per heavy atom. The predicted molar refractivity (Wildman–Crippen MR) is 146 cm³/mol. The van der Waals surface area contributed by atoms with Crippen LogP contribution in [0.1, 0.15) is 32.1 Å². The van der Waals surface area contributed by atoms with Crippen LogP contribution in [0.5, 0.6) is 23.0 Å². The number of rotatable bonds is 10. The lowest BCUT2D eigenvalue weighted by Crippen LogP contribution is -2.13. The summed E-state index contributed by atoms with van der Waals surface area (Å²) in [7, 11) is 3.06. The molecule has 196 valence electrons. The number of aryl methyl sites for hydroxylation is 2. The topological polar surface area (TPSA) is 99.9 Å².